The maximum absolute atomic E-state index is 5.92. The summed E-state index contributed by atoms with van der Waals surface area (Å²) in [6.45, 7) is 8.41. The van der Waals surface area contributed by atoms with Gasteiger partial charge in [-0.15, -0.1) is 0 Å². The molecule has 86 valence electrons. The highest BCUT2D eigenvalue weighted by atomic mass is 15.3. The monoisotopic (exact) mass is 218 g/mol. The van der Waals surface area contributed by atoms with E-state index in [2.05, 4.69) is 30.9 Å². The maximum Gasteiger partial charge on any atom is 0.152 e. The van der Waals surface area contributed by atoms with Crippen LogP contribution in [0.4, 0.5) is 5.82 Å². The molecule has 0 spiro atoms. The molecular weight excluding hydrogens is 200 g/mol. The standard InChI is InChI=1S/C12H18N4/c1-6(2)11-9-7(3)8(4)14-12(13)10(9)15-16(11)5/h6H,1-5H3,(H2,13,14). The summed E-state index contributed by atoms with van der Waals surface area (Å²) in [6, 6.07) is 0. The zero-order valence-corrected chi connectivity index (χ0v) is 10.5. The molecule has 4 nitrogen and oxygen atoms in total. The number of hydrogen-bond acceptors (Lipinski definition) is 3. The van der Waals surface area contributed by atoms with Crippen LogP contribution in [0.25, 0.3) is 10.9 Å². The van der Waals surface area contributed by atoms with Crippen LogP contribution in [0, 0.1) is 13.8 Å². The number of rotatable bonds is 1. The van der Waals surface area contributed by atoms with Gasteiger partial charge in [-0.25, -0.2) is 4.98 Å². The minimum atomic E-state index is 0.426. The van der Waals surface area contributed by atoms with Crippen molar-refractivity contribution in [1.82, 2.24) is 14.8 Å². The molecule has 0 fully saturated rings. The van der Waals surface area contributed by atoms with Crippen LogP contribution in [-0.4, -0.2) is 14.8 Å². The van der Waals surface area contributed by atoms with Crippen molar-refractivity contribution in [3.8, 4) is 0 Å². The number of hydrogen-bond donors (Lipinski definition) is 1. The van der Waals surface area contributed by atoms with Crippen molar-refractivity contribution in [1.29, 1.82) is 0 Å². The van der Waals surface area contributed by atoms with E-state index in [1.807, 2.05) is 18.7 Å². The van der Waals surface area contributed by atoms with Crippen LogP contribution in [0.15, 0.2) is 0 Å². The molecule has 4 heteroatoms. The lowest BCUT2D eigenvalue weighted by atomic mass is 10.0. The van der Waals surface area contributed by atoms with E-state index in [9.17, 15) is 0 Å². The lowest BCUT2D eigenvalue weighted by molar-refractivity contribution is 0.677. The molecule has 2 aromatic rings. The maximum atomic E-state index is 5.92. The van der Waals surface area contributed by atoms with Crippen molar-refractivity contribution in [2.75, 3.05) is 5.73 Å². The summed E-state index contributed by atoms with van der Waals surface area (Å²) in [7, 11) is 1.96. The van der Waals surface area contributed by atoms with Crippen LogP contribution >= 0.6 is 0 Å². The Hall–Kier alpha value is -1.58. The van der Waals surface area contributed by atoms with Gasteiger partial charge in [-0.1, -0.05) is 13.8 Å². The van der Waals surface area contributed by atoms with Crippen molar-refractivity contribution in [2.24, 2.45) is 7.05 Å². The Balaban J connectivity index is 2.97. The van der Waals surface area contributed by atoms with Gasteiger partial charge in [0.1, 0.15) is 5.52 Å². The Labute approximate surface area is 95.5 Å². The van der Waals surface area contributed by atoms with Gasteiger partial charge < -0.3 is 5.73 Å². The summed E-state index contributed by atoms with van der Waals surface area (Å²) in [5.74, 6) is 0.954. The van der Waals surface area contributed by atoms with Crippen LogP contribution in [-0.2, 0) is 7.05 Å². The fourth-order valence-electron chi connectivity index (χ4n) is 2.25. The van der Waals surface area contributed by atoms with Gasteiger partial charge in [-0.3, -0.25) is 4.68 Å². The molecule has 0 bridgehead atoms. The third-order valence-corrected chi connectivity index (χ3v) is 3.09. The van der Waals surface area contributed by atoms with Crippen LogP contribution < -0.4 is 5.73 Å². The predicted octanol–water partition coefficient (Wildman–Crippen LogP) is 2.29. The van der Waals surface area contributed by atoms with Gasteiger partial charge in [0.25, 0.3) is 0 Å². The highest BCUT2D eigenvalue weighted by Crippen LogP contribution is 2.31. The third kappa shape index (κ3) is 1.37. The summed E-state index contributed by atoms with van der Waals surface area (Å²) in [4.78, 5) is 4.32. The molecule has 0 aromatic carbocycles. The Morgan fingerprint density at radius 2 is 1.88 bits per heavy atom. The van der Waals surface area contributed by atoms with Crippen LogP contribution in [0.2, 0.25) is 0 Å². The number of anilines is 1. The first kappa shape index (κ1) is 10.9. The van der Waals surface area contributed by atoms with E-state index in [0.29, 0.717) is 11.7 Å². The molecule has 2 aromatic heterocycles. The Kier molecular flexibility index (Phi) is 2.37. The molecule has 2 rings (SSSR count). The summed E-state index contributed by atoms with van der Waals surface area (Å²) in [5.41, 5.74) is 10.1. The van der Waals surface area contributed by atoms with E-state index in [1.54, 1.807) is 0 Å². The summed E-state index contributed by atoms with van der Waals surface area (Å²) in [6.07, 6.45) is 0. The Morgan fingerprint density at radius 1 is 1.25 bits per heavy atom. The van der Waals surface area contributed by atoms with Crippen molar-refractivity contribution < 1.29 is 0 Å². The molecule has 16 heavy (non-hydrogen) atoms. The first-order valence-corrected chi connectivity index (χ1v) is 5.52. The number of aryl methyl sites for hydroxylation is 3. The number of nitrogens with two attached hydrogens (primary N) is 1. The van der Waals surface area contributed by atoms with E-state index in [-0.39, 0.29) is 0 Å². The van der Waals surface area contributed by atoms with Crippen molar-refractivity contribution in [3.63, 3.8) is 0 Å². The van der Waals surface area contributed by atoms with Gasteiger partial charge >= 0.3 is 0 Å². The van der Waals surface area contributed by atoms with Gasteiger partial charge in [0.05, 0.1) is 0 Å². The number of nitrogens with zero attached hydrogens (tertiary/aromatic N) is 3. The summed E-state index contributed by atoms with van der Waals surface area (Å²) in [5, 5.41) is 5.63. The van der Waals surface area contributed by atoms with Gasteiger partial charge in [-0.2, -0.15) is 5.10 Å². The van der Waals surface area contributed by atoms with Gasteiger partial charge in [0.15, 0.2) is 5.82 Å². The van der Waals surface area contributed by atoms with Gasteiger partial charge in [-0.05, 0) is 25.3 Å². The van der Waals surface area contributed by atoms with Crippen LogP contribution in [0.5, 0.6) is 0 Å². The molecule has 0 aliphatic rings. The zero-order valence-electron chi connectivity index (χ0n) is 10.5. The quantitative estimate of drug-likeness (QED) is 0.799. The normalized spacial score (nSPS) is 11.6. The second-order valence-electron chi connectivity index (χ2n) is 4.59. The number of nitrogen functional groups attached to an aromatic ring is 1. The summed E-state index contributed by atoms with van der Waals surface area (Å²) >= 11 is 0. The van der Waals surface area contributed by atoms with Gasteiger partial charge in [0, 0.05) is 23.8 Å². The van der Waals surface area contributed by atoms with Crippen molar-refractivity contribution >= 4 is 16.7 Å². The average molecular weight is 218 g/mol. The fourth-order valence-corrected chi connectivity index (χ4v) is 2.25. The highest BCUT2D eigenvalue weighted by molar-refractivity contribution is 5.92. The molecule has 0 atom stereocenters. The predicted molar refractivity (Wildman–Crippen MR) is 66.5 cm³/mol. The van der Waals surface area contributed by atoms with Gasteiger partial charge in [0.2, 0.25) is 0 Å². The third-order valence-electron chi connectivity index (χ3n) is 3.09. The lowest BCUT2D eigenvalue weighted by Gasteiger charge is -2.09. The molecule has 0 unspecified atom stereocenters. The smallest absolute Gasteiger partial charge is 0.152 e. The second kappa shape index (κ2) is 3.47. The molecule has 0 saturated heterocycles. The van der Waals surface area contributed by atoms with E-state index >= 15 is 0 Å². The number of pyridine rings is 1. The minimum Gasteiger partial charge on any atom is -0.382 e. The topological polar surface area (TPSA) is 56.7 Å². The Morgan fingerprint density at radius 3 is 2.44 bits per heavy atom. The average Bonchev–Trinajstić information content (AvgIpc) is 2.53. The van der Waals surface area contributed by atoms with Crippen molar-refractivity contribution in [2.45, 2.75) is 33.6 Å². The molecule has 2 heterocycles. The molecule has 0 saturated carbocycles. The second-order valence-corrected chi connectivity index (χ2v) is 4.59. The number of aromatic nitrogens is 3. The lowest BCUT2D eigenvalue weighted by Crippen LogP contribution is -2.00. The highest BCUT2D eigenvalue weighted by Gasteiger charge is 2.18. The largest absolute Gasteiger partial charge is 0.382 e. The minimum absolute atomic E-state index is 0.426. The first-order chi connectivity index (χ1) is 7.43. The molecule has 0 aliphatic carbocycles. The van der Waals surface area contributed by atoms with Crippen LogP contribution in [0.3, 0.4) is 0 Å². The fraction of sp³-hybridized carbons (Fsp3) is 0.500. The molecule has 0 amide bonds. The van der Waals surface area contributed by atoms with E-state index in [4.69, 9.17) is 5.73 Å². The summed E-state index contributed by atoms with van der Waals surface area (Å²) < 4.78 is 1.92. The first-order valence-electron chi connectivity index (χ1n) is 5.52. The molecule has 0 aliphatic heterocycles. The SMILES string of the molecule is Cc1nc(N)c2nn(C)c(C(C)C)c2c1C. The Bertz CT molecular complexity index is 552. The zero-order chi connectivity index (χ0) is 12.0. The van der Waals surface area contributed by atoms with E-state index in [1.165, 1.54) is 16.6 Å². The van der Waals surface area contributed by atoms with E-state index in [0.717, 1.165) is 11.2 Å². The number of fused-ring (bicyclic) bond motifs is 1. The molecule has 2 N–H and O–H groups in total. The van der Waals surface area contributed by atoms with Crippen molar-refractivity contribution in [3.05, 3.63) is 17.0 Å². The van der Waals surface area contributed by atoms with E-state index < -0.39 is 0 Å². The van der Waals surface area contributed by atoms with Crippen LogP contribution in [0.1, 0.15) is 36.7 Å². The molecular formula is C12H18N4. The molecule has 0 radical (unpaired) electrons.